The predicted octanol–water partition coefficient (Wildman–Crippen LogP) is 3.85. The first-order chi connectivity index (χ1) is 11.5. The normalized spacial score (nSPS) is 12.9. The van der Waals surface area contributed by atoms with Gasteiger partial charge < -0.3 is 9.88 Å². The van der Waals surface area contributed by atoms with E-state index in [9.17, 15) is 0 Å². The molecule has 0 fully saturated rings. The van der Waals surface area contributed by atoms with Gasteiger partial charge in [-0.25, -0.2) is 9.97 Å². The molecule has 3 aromatic rings. The molecule has 0 aromatic carbocycles. The highest BCUT2D eigenvalue weighted by Gasteiger charge is 2.18. The Balaban J connectivity index is 2.05. The molecule has 0 saturated carbocycles. The van der Waals surface area contributed by atoms with E-state index in [1.165, 1.54) is 0 Å². The fourth-order valence-corrected chi connectivity index (χ4v) is 2.95. The average Bonchev–Trinajstić information content (AvgIpc) is 3.11. The third-order valence-electron chi connectivity index (χ3n) is 4.23. The third-order valence-corrected chi connectivity index (χ3v) is 4.23. The van der Waals surface area contributed by atoms with E-state index in [2.05, 4.69) is 46.8 Å². The molecule has 3 aromatic heterocycles. The van der Waals surface area contributed by atoms with E-state index in [1.54, 1.807) is 0 Å². The first kappa shape index (κ1) is 16.5. The maximum absolute atomic E-state index is 4.73. The van der Waals surface area contributed by atoms with Crippen LogP contribution in [0.4, 0.5) is 5.82 Å². The van der Waals surface area contributed by atoms with Crippen molar-refractivity contribution in [2.24, 2.45) is 7.05 Å². The van der Waals surface area contributed by atoms with E-state index in [0.717, 1.165) is 41.5 Å². The molecule has 0 radical (unpaired) electrons. The zero-order valence-corrected chi connectivity index (χ0v) is 15.1. The fraction of sp³-hybridized carbons (Fsp3) is 0.500. The van der Waals surface area contributed by atoms with Gasteiger partial charge in [0.1, 0.15) is 11.6 Å². The third kappa shape index (κ3) is 3.13. The van der Waals surface area contributed by atoms with Gasteiger partial charge >= 0.3 is 0 Å². The van der Waals surface area contributed by atoms with Crippen LogP contribution >= 0.6 is 0 Å². The average molecular weight is 326 g/mol. The first-order valence-corrected chi connectivity index (χ1v) is 8.60. The highest BCUT2D eigenvalue weighted by Crippen LogP contribution is 2.25. The lowest BCUT2D eigenvalue weighted by atomic mass is 10.1. The summed E-state index contributed by atoms with van der Waals surface area (Å²) in [7, 11) is 2.03. The van der Waals surface area contributed by atoms with Crippen molar-refractivity contribution in [3.8, 4) is 0 Å². The highest BCUT2D eigenvalue weighted by atomic mass is 15.3. The van der Waals surface area contributed by atoms with Gasteiger partial charge in [0.2, 0.25) is 0 Å². The molecule has 0 spiro atoms. The van der Waals surface area contributed by atoms with Crippen LogP contribution < -0.4 is 5.32 Å². The van der Waals surface area contributed by atoms with Gasteiger partial charge in [0.05, 0.1) is 11.7 Å². The summed E-state index contributed by atoms with van der Waals surface area (Å²) in [6, 6.07) is 4.27. The quantitative estimate of drug-likeness (QED) is 0.747. The SMILES string of the molecule is CCC[C@H](Nc1cc(C(C)C)nc2cc(C)nn12)c1nccn1C. The monoisotopic (exact) mass is 326 g/mol. The summed E-state index contributed by atoms with van der Waals surface area (Å²) < 4.78 is 3.97. The van der Waals surface area contributed by atoms with Crippen molar-refractivity contribution in [3.05, 3.63) is 41.7 Å². The molecule has 0 unspecified atom stereocenters. The van der Waals surface area contributed by atoms with Crippen LogP contribution in [0.3, 0.4) is 0 Å². The van der Waals surface area contributed by atoms with Gasteiger partial charge in [-0.15, -0.1) is 0 Å². The van der Waals surface area contributed by atoms with E-state index >= 15 is 0 Å². The Morgan fingerprint density at radius 3 is 2.67 bits per heavy atom. The molecule has 24 heavy (non-hydrogen) atoms. The fourth-order valence-electron chi connectivity index (χ4n) is 2.95. The lowest BCUT2D eigenvalue weighted by Gasteiger charge is -2.20. The molecular weight excluding hydrogens is 300 g/mol. The van der Waals surface area contributed by atoms with Gasteiger partial charge in [0.15, 0.2) is 5.65 Å². The van der Waals surface area contributed by atoms with Crippen molar-refractivity contribution in [2.75, 3.05) is 5.32 Å². The number of imidazole rings is 1. The van der Waals surface area contributed by atoms with E-state index < -0.39 is 0 Å². The van der Waals surface area contributed by atoms with Crippen molar-refractivity contribution in [3.63, 3.8) is 0 Å². The minimum Gasteiger partial charge on any atom is -0.360 e. The largest absolute Gasteiger partial charge is 0.360 e. The molecular formula is C18H26N6. The van der Waals surface area contributed by atoms with Gasteiger partial charge in [-0.3, -0.25) is 0 Å². The number of hydrogen-bond donors (Lipinski definition) is 1. The minimum atomic E-state index is 0.144. The molecule has 128 valence electrons. The summed E-state index contributed by atoms with van der Waals surface area (Å²) in [5, 5.41) is 8.25. The molecule has 0 saturated heterocycles. The van der Waals surface area contributed by atoms with Crippen LogP contribution in [-0.2, 0) is 7.05 Å². The van der Waals surface area contributed by atoms with Crippen LogP contribution in [0.1, 0.15) is 62.8 Å². The van der Waals surface area contributed by atoms with Gasteiger partial charge in [-0.1, -0.05) is 27.2 Å². The Bertz CT molecular complexity index is 829. The van der Waals surface area contributed by atoms with Crippen molar-refractivity contribution >= 4 is 11.5 Å². The van der Waals surface area contributed by atoms with Crippen molar-refractivity contribution in [2.45, 2.75) is 52.5 Å². The summed E-state index contributed by atoms with van der Waals surface area (Å²) in [4.78, 5) is 9.26. The molecule has 3 heterocycles. The summed E-state index contributed by atoms with van der Waals surface area (Å²) in [6.45, 7) is 8.51. The number of hydrogen-bond acceptors (Lipinski definition) is 4. The smallest absolute Gasteiger partial charge is 0.157 e. The summed E-state index contributed by atoms with van der Waals surface area (Å²) >= 11 is 0. The van der Waals surface area contributed by atoms with Crippen LogP contribution in [0, 0.1) is 6.92 Å². The molecule has 6 heteroatoms. The predicted molar refractivity (Wildman–Crippen MR) is 96.3 cm³/mol. The van der Waals surface area contributed by atoms with Gasteiger partial charge in [-0.2, -0.15) is 9.61 Å². The Kier molecular flexibility index (Phi) is 4.55. The number of fused-ring (bicyclic) bond motifs is 1. The van der Waals surface area contributed by atoms with E-state index in [-0.39, 0.29) is 6.04 Å². The molecule has 1 N–H and O–H groups in total. The topological polar surface area (TPSA) is 60.0 Å². The Labute approximate surface area is 142 Å². The van der Waals surface area contributed by atoms with Crippen LogP contribution in [0.2, 0.25) is 0 Å². The van der Waals surface area contributed by atoms with E-state index in [0.29, 0.717) is 5.92 Å². The maximum Gasteiger partial charge on any atom is 0.157 e. The molecule has 3 rings (SSSR count). The zero-order valence-electron chi connectivity index (χ0n) is 15.1. The number of aryl methyl sites for hydroxylation is 2. The molecule has 0 aliphatic heterocycles. The number of nitrogens with one attached hydrogen (secondary N) is 1. The lowest BCUT2D eigenvalue weighted by Crippen LogP contribution is -2.18. The van der Waals surface area contributed by atoms with Crippen LogP contribution in [0.5, 0.6) is 0 Å². The van der Waals surface area contributed by atoms with Gasteiger partial charge in [0, 0.05) is 37.3 Å². The summed E-state index contributed by atoms with van der Waals surface area (Å²) in [5.74, 6) is 2.37. The second-order valence-corrected chi connectivity index (χ2v) is 6.66. The number of rotatable bonds is 6. The van der Waals surface area contributed by atoms with Crippen molar-refractivity contribution in [1.82, 2.24) is 24.1 Å². The molecule has 1 atom stereocenters. The lowest BCUT2D eigenvalue weighted by molar-refractivity contribution is 0.607. The Hall–Kier alpha value is -2.37. The number of nitrogens with zero attached hydrogens (tertiary/aromatic N) is 5. The Morgan fingerprint density at radius 1 is 1.25 bits per heavy atom. The van der Waals surface area contributed by atoms with Gasteiger partial charge in [0.25, 0.3) is 0 Å². The maximum atomic E-state index is 4.73. The highest BCUT2D eigenvalue weighted by molar-refractivity contribution is 5.51. The second kappa shape index (κ2) is 6.63. The van der Waals surface area contributed by atoms with E-state index in [4.69, 9.17) is 4.98 Å². The van der Waals surface area contributed by atoms with Crippen molar-refractivity contribution in [1.29, 1.82) is 0 Å². The molecule has 0 aliphatic carbocycles. The van der Waals surface area contributed by atoms with Crippen molar-refractivity contribution < 1.29 is 0 Å². The molecule has 0 aliphatic rings. The van der Waals surface area contributed by atoms with Crippen LogP contribution in [0.15, 0.2) is 24.5 Å². The van der Waals surface area contributed by atoms with Gasteiger partial charge in [-0.05, 0) is 19.3 Å². The standard InChI is InChI=1S/C18H26N6/c1-6-7-14(18-19-8-9-23(18)5)20-17-11-15(12(2)3)21-16-10-13(4)22-24(16)17/h8-12,14,20H,6-7H2,1-5H3/t14-/m0/s1. The zero-order chi connectivity index (χ0) is 17.3. The van der Waals surface area contributed by atoms with E-state index in [1.807, 2.05) is 36.9 Å². The van der Waals surface area contributed by atoms with Crippen LogP contribution in [0.25, 0.3) is 5.65 Å². The minimum absolute atomic E-state index is 0.144. The Morgan fingerprint density at radius 2 is 2.04 bits per heavy atom. The number of anilines is 1. The number of aromatic nitrogens is 5. The molecule has 0 bridgehead atoms. The molecule has 0 amide bonds. The summed E-state index contributed by atoms with van der Waals surface area (Å²) in [6.07, 6.45) is 5.92. The molecule has 6 nitrogen and oxygen atoms in total. The van der Waals surface area contributed by atoms with Crippen LogP contribution in [-0.4, -0.2) is 24.1 Å². The summed E-state index contributed by atoms with van der Waals surface area (Å²) in [5.41, 5.74) is 2.92. The first-order valence-electron chi connectivity index (χ1n) is 8.60. The second-order valence-electron chi connectivity index (χ2n) is 6.66.